The lowest BCUT2D eigenvalue weighted by Crippen LogP contribution is -2.25. The van der Waals surface area contributed by atoms with E-state index in [1.165, 1.54) is 25.3 Å². The second-order valence-electron chi connectivity index (χ2n) is 5.32. The summed E-state index contributed by atoms with van der Waals surface area (Å²) in [5, 5.41) is 11.2. The van der Waals surface area contributed by atoms with E-state index in [4.69, 9.17) is 11.6 Å². The monoisotopic (exact) mass is 327 g/mol. The molecule has 0 fully saturated rings. The van der Waals surface area contributed by atoms with Gasteiger partial charge in [-0.25, -0.2) is 0 Å². The van der Waals surface area contributed by atoms with Gasteiger partial charge in [0.25, 0.3) is 5.69 Å². The van der Waals surface area contributed by atoms with Crippen molar-refractivity contribution in [2.24, 2.45) is 11.8 Å². The first-order valence-corrected chi connectivity index (χ1v) is 7.16. The molecule has 0 aliphatic heterocycles. The number of carbonyl (C=O) groups is 2. The Morgan fingerprint density at radius 2 is 2.00 bits per heavy atom. The number of Topliss-reactive ketones (excluding diaryl/α,β-unsaturated/α-hetero) is 1. The van der Waals surface area contributed by atoms with Crippen LogP contribution in [0.1, 0.15) is 25.8 Å². The SMILES string of the molecule is COC(=O)[C@H](CC(=O)Cc1ccc(Cl)cc1[N+](=O)[O-])C(C)C. The van der Waals surface area contributed by atoms with E-state index in [1.54, 1.807) is 0 Å². The Kier molecular flexibility index (Phi) is 6.49. The highest BCUT2D eigenvalue weighted by Gasteiger charge is 2.27. The first kappa shape index (κ1) is 18.1. The van der Waals surface area contributed by atoms with Crippen molar-refractivity contribution < 1.29 is 19.2 Å². The van der Waals surface area contributed by atoms with E-state index in [0.29, 0.717) is 0 Å². The molecule has 6 nitrogen and oxygen atoms in total. The van der Waals surface area contributed by atoms with E-state index in [9.17, 15) is 19.7 Å². The van der Waals surface area contributed by atoms with Crippen molar-refractivity contribution in [1.29, 1.82) is 0 Å². The fourth-order valence-corrected chi connectivity index (χ4v) is 2.30. The number of ketones is 1. The molecule has 0 bridgehead atoms. The predicted molar refractivity (Wildman–Crippen MR) is 81.8 cm³/mol. The Morgan fingerprint density at radius 1 is 1.36 bits per heavy atom. The zero-order chi connectivity index (χ0) is 16.9. The summed E-state index contributed by atoms with van der Waals surface area (Å²) in [5.74, 6) is -1.32. The molecule has 1 aromatic rings. The van der Waals surface area contributed by atoms with Crippen LogP contribution < -0.4 is 0 Å². The summed E-state index contributed by atoms with van der Waals surface area (Å²) in [4.78, 5) is 34.2. The van der Waals surface area contributed by atoms with E-state index in [-0.39, 0.29) is 40.8 Å². The van der Waals surface area contributed by atoms with Crippen LogP contribution in [0.15, 0.2) is 18.2 Å². The Labute approximate surface area is 133 Å². The van der Waals surface area contributed by atoms with Gasteiger partial charge in [-0.2, -0.15) is 0 Å². The summed E-state index contributed by atoms with van der Waals surface area (Å²) in [6.45, 7) is 3.64. The molecule has 0 amide bonds. The minimum absolute atomic E-state index is 0.00980. The Balaban J connectivity index is 2.89. The van der Waals surface area contributed by atoms with Gasteiger partial charge in [0.1, 0.15) is 5.78 Å². The van der Waals surface area contributed by atoms with Crippen LogP contribution in [-0.2, 0) is 20.7 Å². The van der Waals surface area contributed by atoms with Crippen LogP contribution in [0.4, 0.5) is 5.69 Å². The maximum atomic E-state index is 12.1. The summed E-state index contributed by atoms with van der Waals surface area (Å²) in [6, 6.07) is 4.17. The molecule has 7 heteroatoms. The van der Waals surface area contributed by atoms with E-state index in [2.05, 4.69) is 4.74 Å². The molecule has 0 heterocycles. The number of hydrogen-bond donors (Lipinski definition) is 0. The van der Waals surface area contributed by atoms with Gasteiger partial charge in [0.2, 0.25) is 0 Å². The minimum atomic E-state index is -0.575. The third-order valence-corrected chi connectivity index (χ3v) is 3.62. The summed E-state index contributed by atoms with van der Waals surface area (Å²) in [7, 11) is 1.27. The highest BCUT2D eigenvalue weighted by atomic mass is 35.5. The lowest BCUT2D eigenvalue weighted by Gasteiger charge is -2.17. The lowest BCUT2D eigenvalue weighted by molar-refractivity contribution is -0.385. The third kappa shape index (κ3) is 4.80. The van der Waals surface area contributed by atoms with Crippen LogP contribution in [0, 0.1) is 22.0 Å². The number of methoxy groups -OCH3 is 1. The molecule has 1 atom stereocenters. The number of ether oxygens (including phenoxy) is 1. The normalized spacial score (nSPS) is 12.0. The number of nitro benzene ring substituents is 1. The van der Waals surface area contributed by atoms with Gasteiger partial charge < -0.3 is 4.74 Å². The number of rotatable bonds is 7. The average Bonchev–Trinajstić information content (AvgIpc) is 2.45. The second-order valence-corrected chi connectivity index (χ2v) is 5.76. The molecule has 1 aromatic carbocycles. The number of halogens is 1. The predicted octanol–water partition coefficient (Wildman–Crippen LogP) is 3.20. The summed E-state index contributed by atoms with van der Waals surface area (Å²) in [6.07, 6.45) is -0.127. The summed E-state index contributed by atoms with van der Waals surface area (Å²) >= 11 is 5.73. The number of esters is 1. The van der Waals surface area contributed by atoms with Crippen LogP contribution >= 0.6 is 11.6 Å². The fourth-order valence-electron chi connectivity index (χ4n) is 2.13. The first-order chi connectivity index (χ1) is 10.3. The van der Waals surface area contributed by atoms with Crippen LogP contribution in [0.25, 0.3) is 0 Å². The molecular formula is C15H18ClNO5. The third-order valence-electron chi connectivity index (χ3n) is 3.39. The Morgan fingerprint density at radius 3 is 2.50 bits per heavy atom. The zero-order valence-electron chi connectivity index (χ0n) is 12.7. The molecule has 22 heavy (non-hydrogen) atoms. The molecule has 1 rings (SSSR count). The largest absolute Gasteiger partial charge is 0.469 e. The highest BCUT2D eigenvalue weighted by Crippen LogP contribution is 2.25. The molecule has 0 spiro atoms. The molecule has 0 unspecified atom stereocenters. The topological polar surface area (TPSA) is 86.5 Å². The van der Waals surface area contributed by atoms with Gasteiger partial charge in [-0.3, -0.25) is 19.7 Å². The van der Waals surface area contributed by atoms with Crippen LogP contribution in [-0.4, -0.2) is 23.8 Å². The van der Waals surface area contributed by atoms with Gasteiger partial charge in [-0.15, -0.1) is 0 Å². The standard InChI is InChI=1S/C15H18ClNO5/c1-9(2)13(15(19)22-3)8-12(18)6-10-4-5-11(16)7-14(10)17(20)21/h4-5,7,9,13H,6,8H2,1-3H3/t13-/m1/s1. The molecule has 0 N–H and O–H groups in total. The molecule has 0 aliphatic carbocycles. The molecular weight excluding hydrogens is 310 g/mol. The highest BCUT2D eigenvalue weighted by molar-refractivity contribution is 6.30. The van der Waals surface area contributed by atoms with Crippen molar-refractivity contribution in [2.45, 2.75) is 26.7 Å². The first-order valence-electron chi connectivity index (χ1n) is 6.78. The van der Waals surface area contributed by atoms with Crippen LogP contribution in [0.3, 0.4) is 0 Å². The lowest BCUT2D eigenvalue weighted by atomic mass is 9.89. The van der Waals surface area contributed by atoms with Gasteiger partial charge in [0.15, 0.2) is 0 Å². The second kappa shape index (κ2) is 7.89. The Hall–Kier alpha value is -1.95. The van der Waals surface area contributed by atoms with Gasteiger partial charge in [-0.1, -0.05) is 31.5 Å². The van der Waals surface area contributed by atoms with Crippen molar-refractivity contribution in [3.63, 3.8) is 0 Å². The molecule has 120 valence electrons. The van der Waals surface area contributed by atoms with Crippen LogP contribution in [0.5, 0.6) is 0 Å². The smallest absolute Gasteiger partial charge is 0.309 e. The average molecular weight is 328 g/mol. The van der Waals surface area contributed by atoms with Gasteiger partial charge in [0.05, 0.1) is 18.0 Å². The van der Waals surface area contributed by atoms with Crippen molar-refractivity contribution in [2.75, 3.05) is 7.11 Å². The van der Waals surface area contributed by atoms with E-state index >= 15 is 0 Å². The summed E-state index contributed by atoms with van der Waals surface area (Å²) in [5.41, 5.74) is 0.0896. The molecule has 0 aliphatic rings. The van der Waals surface area contributed by atoms with Crippen molar-refractivity contribution in [3.8, 4) is 0 Å². The summed E-state index contributed by atoms with van der Waals surface area (Å²) < 4.78 is 4.69. The molecule has 0 saturated heterocycles. The number of hydrogen-bond acceptors (Lipinski definition) is 5. The maximum Gasteiger partial charge on any atom is 0.309 e. The minimum Gasteiger partial charge on any atom is -0.469 e. The van der Waals surface area contributed by atoms with Crippen molar-refractivity contribution in [3.05, 3.63) is 38.9 Å². The van der Waals surface area contributed by atoms with Gasteiger partial charge >= 0.3 is 5.97 Å². The van der Waals surface area contributed by atoms with Gasteiger partial charge in [-0.05, 0) is 12.0 Å². The number of nitrogens with zero attached hydrogens (tertiary/aromatic N) is 1. The molecule has 0 saturated carbocycles. The number of benzene rings is 1. The molecule has 0 aromatic heterocycles. The fraction of sp³-hybridized carbons (Fsp3) is 0.467. The molecule has 0 radical (unpaired) electrons. The van der Waals surface area contributed by atoms with E-state index in [0.717, 1.165) is 0 Å². The van der Waals surface area contributed by atoms with Crippen molar-refractivity contribution in [1.82, 2.24) is 0 Å². The van der Waals surface area contributed by atoms with Crippen molar-refractivity contribution >= 4 is 29.0 Å². The van der Waals surface area contributed by atoms with Crippen LogP contribution in [0.2, 0.25) is 5.02 Å². The maximum absolute atomic E-state index is 12.1. The van der Waals surface area contributed by atoms with E-state index in [1.807, 2.05) is 13.8 Å². The number of carbonyl (C=O) groups excluding carboxylic acids is 2. The van der Waals surface area contributed by atoms with E-state index < -0.39 is 16.8 Å². The number of nitro groups is 1. The zero-order valence-corrected chi connectivity index (χ0v) is 13.4. The Bertz CT molecular complexity index is 585. The van der Waals surface area contributed by atoms with Gasteiger partial charge in [0, 0.05) is 29.5 Å². The quantitative estimate of drug-likeness (QED) is 0.436.